The summed E-state index contributed by atoms with van der Waals surface area (Å²) in [5, 5.41) is 12.2. The molecular formula is C17H22N6O5. The molecule has 0 aliphatic carbocycles. The molecule has 11 heteroatoms. The molecule has 0 spiro atoms. The monoisotopic (exact) mass is 390 g/mol. The van der Waals surface area contributed by atoms with Crippen LogP contribution in [0, 0.1) is 0 Å². The number of ether oxygens (including phenoxy) is 2. The molecule has 1 aromatic carbocycles. The molecule has 2 rings (SSSR count). The number of hydrogen-bond acceptors (Lipinski definition) is 8. The zero-order valence-electron chi connectivity index (χ0n) is 15.6. The number of nitrogens with one attached hydrogen (secondary N) is 4. The van der Waals surface area contributed by atoms with Gasteiger partial charge in [0, 0.05) is 18.5 Å². The predicted molar refractivity (Wildman–Crippen MR) is 103 cm³/mol. The normalized spacial score (nSPS) is 10.6. The summed E-state index contributed by atoms with van der Waals surface area (Å²) in [6.07, 6.45) is 2.34. The standard InChI is InChI=1S/C17H22N6O5/c1-3-9-28-14-11(5-4-6-12(14)27-2)10-19-21-13(24)7-8-18-15-16(25)20-17(26)23-22-15/h4-6,10H,3,7-9H2,1-2H3,(H,18,22)(H,21,24)(H2,20,23,25,26)/b19-10+. The third-order valence-electron chi connectivity index (χ3n) is 3.43. The highest BCUT2D eigenvalue weighted by Crippen LogP contribution is 2.30. The Labute approximate surface area is 160 Å². The molecule has 0 unspecified atom stereocenters. The molecule has 0 atom stereocenters. The minimum Gasteiger partial charge on any atom is -0.493 e. The van der Waals surface area contributed by atoms with Gasteiger partial charge >= 0.3 is 5.69 Å². The fourth-order valence-electron chi connectivity index (χ4n) is 2.15. The van der Waals surface area contributed by atoms with Crippen LogP contribution in [-0.2, 0) is 4.79 Å². The van der Waals surface area contributed by atoms with Gasteiger partial charge in [0.1, 0.15) is 0 Å². The van der Waals surface area contributed by atoms with Crippen molar-refractivity contribution in [3.05, 3.63) is 44.6 Å². The van der Waals surface area contributed by atoms with E-state index < -0.39 is 11.2 Å². The Morgan fingerprint density at radius 3 is 2.89 bits per heavy atom. The van der Waals surface area contributed by atoms with E-state index in [0.717, 1.165) is 6.42 Å². The van der Waals surface area contributed by atoms with Crippen molar-refractivity contribution in [3.63, 3.8) is 0 Å². The number of carbonyl (C=O) groups excluding carboxylic acids is 1. The number of carbonyl (C=O) groups is 1. The third kappa shape index (κ3) is 5.97. The number of amides is 1. The fourth-order valence-corrected chi connectivity index (χ4v) is 2.15. The first-order valence-corrected chi connectivity index (χ1v) is 8.59. The number of hydrazone groups is 1. The Morgan fingerprint density at radius 2 is 2.18 bits per heavy atom. The second-order valence-electron chi connectivity index (χ2n) is 5.55. The summed E-state index contributed by atoms with van der Waals surface area (Å²) in [6, 6.07) is 5.36. The summed E-state index contributed by atoms with van der Waals surface area (Å²) < 4.78 is 11.0. The molecule has 11 nitrogen and oxygen atoms in total. The van der Waals surface area contributed by atoms with Crippen LogP contribution in [0.5, 0.6) is 11.5 Å². The molecule has 0 radical (unpaired) electrons. The van der Waals surface area contributed by atoms with Crippen molar-refractivity contribution >= 4 is 17.9 Å². The summed E-state index contributed by atoms with van der Waals surface area (Å²) >= 11 is 0. The topological polar surface area (TPSA) is 151 Å². The second-order valence-corrected chi connectivity index (χ2v) is 5.55. The van der Waals surface area contributed by atoms with Gasteiger partial charge in [-0.2, -0.15) is 5.10 Å². The van der Waals surface area contributed by atoms with Crippen molar-refractivity contribution in [2.75, 3.05) is 25.6 Å². The van der Waals surface area contributed by atoms with E-state index in [0.29, 0.717) is 23.7 Å². The predicted octanol–water partition coefficient (Wildman–Crippen LogP) is 0.208. The quantitative estimate of drug-likeness (QED) is 0.334. The maximum absolute atomic E-state index is 11.9. The number of rotatable bonds is 10. The number of methoxy groups -OCH3 is 1. The number of aromatic nitrogens is 3. The molecule has 150 valence electrons. The number of para-hydroxylation sites is 1. The molecule has 0 bridgehead atoms. The van der Waals surface area contributed by atoms with Gasteiger partial charge in [-0.1, -0.05) is 13.0 Å². The minimum atomic E-state index is -0.706. The number of H-pyrrole nitrogens is 2. The average Bonchev–Trinajstić information content (AvgIpc) is 2.68. The van der Waals surface area contributed by atoms with E-state index in [2.05, 4.69) is 26.0 Å². The van der Waals surface area contributed by atoms with E-state index >= 15 is 0 Å². The number of aromatic amines is 2. The Bertz CT molecular complexity index is 936. The highest BCUT2D eigenvalue weighted by Gasteiger charge is 2.09. The van der Waals surface area contributed by atoms with E-state index in [1.54, 1.807) is 25.3 Å². The highest BCUT2D eigenvalue weighted by atomic mass is 16.5. The van der Waals surface area contributed by atoms with Gasteiger partial charge in [0.25, 0.3) is 5.56 Å². The van der Waals surface area contributed by atoms with E-state index in [1.807, 2.05) is 11.9 Å². The third-order valence-corrected chi connectivity index (χ3v) is 3.43. The summed E-state index contributed by atoms with van der Waals surface area (Å²) in [6.45, 7) is 2.65. The lowest BCUT2D eigenvalue weighted by Gasteiger charge is -2.12. The summed E-state index contributed by atoms with van der Waals surface area (Å²) in [5.41, 5.74) is 1.68. The molecule has 0 saturated carbocycles. The van der Waals surface area contributed by atoms with Gasteiger partial charge in [-0.3, -0.25) is 14.6 Å². The first-order valence-electron chi connectivity index (χ1n) is 8.59. The van der Waals surface area contributed by atoms with Crippen LogP contribution in [-0.4, -0.2) is 47.6 Å². The average molecular weight is 390 g/mol. The lowest BCUT2D eigenvalue weighted by atomic mass is 10.2. The molecule has 1 aromatic heterocycles. The van der Waals surface area contributed by atoms with Crippen LogP contribution in [0.4, 0.5) is 5.82 Å². The maximum atomic E-state index is 11.9. The number of nitrogens with zero attached hydrogens (tertiary/aromatic N) is 2. The van der Waals surface area contributed by atoms with Gasteiger partial charge in [-0.05, 0) is 18.6 Å². The Balaban J connectivity index is 1.89. The van der Waals surface area contributed by atoms with Crippen LogP contribution >= 0.6 is 0 Å². The fraction of sp³-hybridized carbons (Fsp3) is 0.353. The van der Waals surface area contributed by atoms with Crippen molar-refractivity contribution in [2.24, 2.45) is 5.10 Å². The summed E-state index contributed by atoms with van der Waals surface area (Å²) in [5.74, 6) is 0.676. The Hall–Kier alpha value is -3.63. The lowest BCUT2D eigenvalue weighted by molar-refractivity contribution is -0.120. The van der Waals surface area contributed by atoms with Crippen molar-refractivity contribution in [3.8, 4) is 11.5 Å². The van der Waals surface area contributed by atoms with Crippen LogP contribution in [0.15, 0.2) is 32.9 Å². The molecule has 2 aromatic rings. The molecule has 0 fully saturated rings. The van der Waals surface area contributed by atoms with Gasteiger partial charge in [-0.15, -0.1) is 5.10 Å². The summed E-state index contributed by atoms with van der Waals surface area (Å²) in [4.78, 5) is 36.2. The minimum absolute atomic E-state index is 0.0366. The van der Waals surface area contributed by atoms with E-state index in [9.17, 15) is 14.4 Å². The zero-order chi connectivity index (χ0) is 20.4. The van der Waals surface area contributed by atoms with Crippen molar-refractivity contribution in [2.45, 2.75) is 19.8 Å². The molecule has 4 N–H and O–H groups in total. The van der Waals surface area contributed by atoms with Crippen molar-refractivity contribution in [1.29, 1.82) is 0 Å². The van der Waals surface area contributed by atoms with Gasteiger partial charge in [-0.25, -0.2) is 15.3 Å². The molecular weight excluding hydrogens is 368 g/mol. The van der Waals surface area contributed by atoms with Crippen LogP contribution < -0.4 is 31.5 Å². The molecule has 1 amide bonds. The summed E-state index contributed by atoms with van der Waals surface area (Å²) in [7, 11) is 1.55. The molecule has 0 aliphatic rings. The number of anilines is 1. The maximum Gasteiger partial charge on any atom is 0.342 e. The van der Waals surface area contributed by atoms with Crippen LogP contribution in [0.3, 0.4) is 0 Å². The smallest absolute Gasteiger partial charge is 0.342 e. The van der Waals surface area contributed by atoms with Gasteiger partial charge in [0.05, 0.1) is 19.9 Å². The van der Waals surface area contributed by atoms with Crippen LogP contribution in [0.2, 0.25) is 0 Å². The van der Waals surface area contributed by atoms with E-state index in [-0.39, 0.29) is 24.7 Å². The van der Waals surface area contributed by atoms with Gasteiger partial charge in [0.15, 0.2) is 11.5 Å². The van der Waals surface area contributed by atoms with E-state index in [4.69, 9.17) is 9.47 Å². The molecule has 0 saturated heterocycles. The number of hydrogen-bond donors (Lipinski definition) is 4. The number of benzene rings is 1. The lowest BCUT2D eigenvalue weighted by Crippen LogP contribution is -2.28. The Morgan fingerprint density at radius 1 is 1.36 bits per heavy atom. The van der Waals surface area contributed by atoms with Crippen molar-refractivity contribution in [1.82, 2.24) is 20.6 Å². The second kappa shape index (κ2) is 10.5. The molecule has 28 heavy (non-hydrogen) atoms. The van der Waals surface area contributed by atoms with Crippen LogP contribution in [0.1, 0.15) is 25.3 Å². The molecule has 1 heterocycles. The first-order chi connectivity index (χ1) is 13.5. The SMILES string of the molecule is CCCOc1c(/C=N/NC(=O)CCNc2n[nH]c(=O)[nH]c2=O)cccc1OC. The Kier molecular flexibility index (Phi) is 7.76. The van der Waals surface area contributed by atoms with Gasteiger partial charge < -0.3 is 14.8 Å². The first kappa shape index (κ1) is 20.7. The van der Waals surface area contributed by atoms with Gasteiger partial charge in [0.2, 0.25) is 11.7 Å². The largest absolute Gasteiger partial charge is 0.493 e. The molecule has 0 aliphatic heterocycles. The van der Waals surface area contributed by atoms with E-state index in [1.165, 1.54) is 6.21 Å². The van der Waals surface area contributed by atoms with Crippen molar-refractivity contribution < 1.29 is 14.3 Å². The van der Waals surface area contributed by atoms with Crippen LogP contribution in [0.25, 0.3) is 0 Å². The highest BCUT2D eigenvalue weighted by molar-refractivity contribution is 5.86. The zero-order valence-corrected chi connectivity index (χ0v) is 15.6.